The minimum atomic E-state index is -0.710. The van der Waals surface area contributed by atoms with Crippen LogP contribution in [0.5, 0.6) is 0 Å². The van der Waals surface area contributed by atoms with Crippen LogP contribution in [0.2, 0.25) is 0 Å². The van der Waals surface area contributed by atoms with Crippen LogP contribution >= 0.6 is 0 Å². The number of H-pyrrole nitrogens is 1. The highest BCUT2D eigenvalue weighted by atomic mass is 16.5. The third-order valence-electron chi connectivity index (χ3n) is 8.95. The van der Waals surface area contributed by atoms with Crippen LogP contribution in [0.1, 0.15) is 75.0 Å². The quantitative estimate of drug-likeness (QED) is 0.226. The molecule has 0 spiro atoms. The molecule has 4 heterocycles. The van der Waals surface area contributed by atoms with Gasteiger partial charge in [-0.05, 0) is 61.9 Å². The Morgan fingerprint density at radius 1 is 1.02 bits per heavy atom. The molecule has 15 nitrogen and oxygen atoms in total. The van der Waals surface area contributed by atoms with E-state index in [0.717, 1.165) is 5.56 Å². The fourth-order valence-corrected chi connectivity index (χ4v) is 5.91. The molecule has 266 valence electrons. The van der Waals surface area contributed by atoms with Crippen LogP contribution in [0.3, 0.4) is 0 Å². The first-order chi connectivity index (χ1) is 24.2. The second-order valence-electron chi connectivity index (χ2n) is 12.6. The average molecular weight is 688 g/mol. The monoisotopic (exact) mass is 687 g/mol. The molecule has 4 aromatic rings. The average Bonchev–Trinajstić information content (AvgIpc) is 3.72. The number of hydrogen-bond donors (Lipinski definition) is 4. The van der Waals surface area contributed by atoms with E-state index in [4.69, 9.17) is 4.52 Å². The van der Waals surface area contributed by atoms with Gasteiger partial charge in [0.2, 0.25) is 29.4 Å². The van der Waals surface area contributed by atoms with Crippen LogP contribution in [0.15, 0.2) is 52.0 Å². The molecule has 1 aliphatic heterocycles. The van der Waals surface area contributed by atoms with E-state index in [2.05, 4.69) is 36.1 Å². The lowest BCUT2D eigenvalue weighted by Crippen LogP contribution is -2.50. The number of carbonyl (C=O) groups is 4. The molecule has 50 heavy (non-hydrogen) atoms. The van der Waals surface area contributed by atoms with Gasteiger partial charge in [-0.3, -0.25) is 28.7 Å². The smallest absolute Gasteiger partial charge is 0.326 e. The second-order valence-corrected chi connectivity index (χ2v) is 12.6. The Morgan fingerprint density at radius 3 is 2.62 bits per heavy atom. The zero-order valence-electron chi connectivity index (χ0n) is 28.6. The molecule has 0 fully saturated rings. The fourth-order valence-electron chi connectivity index (χ4n) is 5.91. The summed E-state index contributed by atoms with van der Waals surface area (Å²) >= 11 is 0. The Hall–Kier alpha value is -5.34. The maximum atomic E-state index is 13.4. The number of carbonyl (C=O) groups excluding carboxylic acids is 4. The third-order valence-corrected chi connectivity index (χ3v) is 8.95. The van der Waals surface area contributed by atoms with Crippen molar-refractivity contribution in [1.82, 2.24) is 45.5 Å². The van der Waals surface area contributed by atoms with Gasteiger partial charge in [0, 0.05) is 75.5 Å². The van der Waals surface area contributed by atoms with E-state index >= 15 is 0 Å². The summed E-state index contributed by atoms with van der Waals surface area (Å²) in [4.78, 5) is 78.3. The van der Waals surface area contributed by atoms with Crippen molar-refractivity contribution in [2.75, 3.05) is 26.2 Å². The third kappa shape index (κ3) is 9.42. The minimum Gasteiger partial charge on any atom is -0.354 e. The molecule has 2 bridgehead atoms. The summed E-state index contributed by atoms with van der Waals surface area (Å²) in [5.41, 5.74) is 2.04. The van der Waals surface area contributed by atoms with Crippen LogP contribution in [0.4, 0.5) is 0 Å². The highest BCUT2D eigenvalue weighted by molar-refractivity contribution is 5.97. The minimum absolute atomic E-state index is 0.0881. The van der Waals surface area contributed by atoms with Crippen molar-refractivity contribution in [3.8, 4) is 11.4 Å². The Kier molecular flexibility index (Phi) is 12.5. The summed E-state index contributed by atoms with van der Waals surface area (Å²) in [5.74, 6) is -0.169. The number of benzene rings is 1. The lowest BCUT2D eigenvalue weighted by Gasteiger charge is -2.25. The first-order valence-electron chi connectivity index (χ1n) is 17.3. The van der Waals surface area contributed by atoms with E-state index in [1.807, 2.05) is 19.9 Å². The van der Waals surface area contributed by atoms with Crippen LogP contribution in [0.25, 0.3) is 22.4 Å². The van der Waals surface area contributed by atoms with Crippen molar-refractivity contribution in [2.45, 2.75) is 77.8 Å². The zero-order chi connectivity index (χ0) is 35.5. The van der Waals surface area contributed by atoms with Gasteiger partial charge in [-0.25, -0.2) is 4.79 Å². The van der Waals surface area contributed by atoms with Gasteiger partial charge in [0.15, 0.2) is 0 Å². The van der Waals surface area contributed by atoms with Crippen molar-refractivity contribution in [1.29, 1.82) is 0 Å². The van der Waals surface area contributed by atoms with Gasteiger partial charge in [-0.15, -0.1) is 0 Å². The normalized spacial score (nSPS) is 17.8. The molecule has 0 saturated heterocycles. The summed E-state index contributed by atoms with van der Waals surface area (Å²) < 4.78 is 6.92. The lowest BCUT2D eigenvalue weighted by atomic mass is 9.98. The Labute approximate surface area is 289 Å². The highest BCUT2D eigenvalue weighted by Crippen LogP contribution is 2.16. The number of aromatic amines is 1. The van der Waals surface area contributed by atoms with Crippen molar-refractivity contribution in [3.63, 3.8) is 0 Å². The number of amides is 4. The van der Waals surface area contributed by atoms with E-state index < -0.39 is 6.04 Å². The standard InChI is InChI=1S/C35H45N9O6/c1-3-23(2)31-34(48)38-17-8-20-44-27-21-24(13-14-26(27)39-35(44)49)33(47)37-16-7-19-43(18-6-10-28(45)40-31)30(46)12-4-11-29-41-32(42-50-29)25-9-5-15-36-22-25/h5,9,13-15,21-23,31H,3-4,6-8,10-12,16-20H2,1-2H3,(H,37,47)(H,38,48)(H,39,49)(H,40,45)/t23-,31-/m0/s1. The van der Waals surface area contributed by atoms with Crippen molar-refractivity contribution in [3.05, 3.63) is 64.7 Å². The molecule has 0 saturated carbocycles. The van der Waals surface area contributed by atoms with Gasteiger partial charge >= 0.3 is 5.69 Å². The maximum Gasteiger partial charge on any atom is 0.326 e. The molecule has 0 radical (unpaired) electrons. The number of imidazole rings is 1. The van der Waals surface area contributed by atoms with Gasteiger partial charge in [0.05, 0.1) is 11.0 Å². The van der Waals surface area contributed by atoms with E-state index in [0.29, 0.717) is 99.6 Å². The predicted octanol–water partition coefficient (Wildman–Crippen LogP) is 2.58. The van der Waals surface area contributed by atoms with Gasteiger partial charge in [-0.2, -0.15) is 4.98 Å². The first kappa shape index (κ1) is 36.0. The molecular weight excluding hydrogens is 642 g/mol. The molecule has 0 aliphatic carbocycles. The molecule has 15 heteroatoms. The SMILES string of the molecule is CC[C@H](C)[C@@H]1NC(=O)CCCN(C(=O)CCCc2nc(-c3cccnc3)no2)CCCNC(=O)c2ccc3[nH]c(=O)n(c3c2)CCCNC1=O. The number of pyridine rings is 1. The van der Waals surface area contributed by atoms with E-state index in [1.54, 1.807) is 46.1 Å². The number of nitrogens with zero attached hydrogens (tertiary/aromatic N) is 5. The molecule has 3 aromatic heterocycles. The van der Waals surface area contributed by atoms with Crippen LogP contribution in [0, 0.1) is 5.92 Å². The zero-order valence-corrected chi connectivity index (χ0v) is 28.6. The van der Waals surface area contributed by atoms with Gasteiger partial charge < -0.3 is 30.4 Å². The van der Waals surface area contributed by atoms with Crippen LogP contribution in [-0.4, -0.2) is 85.4 Å². The largest absolute Gasteiger partial charge is 0.354 e. The number of aryl methyl sites for hydroxylation is 2. The van der Waals surface area contributed by atoms with Gasteiger partial charge in [0.1, 0.15) is 6.04 Å². The van der Waals surface area contributed by atoms with Crippen molar-refractivity contribution < 1.29 is 23.7 Å². The Bertz CT molecular complexity index is 1830. The Balaban J connectivity index is 1.25. The summed E-state index contributed by atoms with van der Waals surface area (Å²) in [6, 6.07) is 7.95. The molecule has 4 N–H and O–H groups in total. The summed E-state index contributed by atoms with van der Waals surface area (Å²) in [7, 11) is 0. The molecule has 5 rings (SSSR count). The van der Waals surface area contributed by atoms with E-state index in [1.165, 1.54) is 0 Å². The van der Waals surface area contributed by atoms with Crippen LogP contribution < -0.4 is 21.6 Å². The molecule has 2 atom stereocenters. The molecule has 1 aliphatic rings. The second kappa shape index (κ2) is 17.4. The predicted molar refractivity (Wildman–Crippen MR) is 185 cm³/mol. The van der Waals surface area contributed by atoms with Gasteiger partial charge in [0.25, 0.3) is 5.91 Å². The number of fused-ring (bicyclic) bond motifs is 1. The van der Waals surface area contributed by atoms with Gasteiger partial charge in [-0.1, -0.05) is 25.4 Å². The summed E-state index contributed by atoms with van der Waals surface area (Å²) in [6.45, 7) is 5.55. The fraction of sp³-hybridized carbons (Fsp3) is 0.486. The van der Waals surface area contributed by atoms with E-state index in [-0.39, 0.29) is 48.1 Å². The maximum absolute atomic E-state index is 13.4. The number of hydrogen-bond acceptors (Lipinski definition) is 9. The first-order valence-corrected chi connectivity index (χ1v) is 17.3. The lowest BCUT2D eigenvalue weighted by molar-refractivity contribution is -0.132. The molecular formula is C35H45N9O6. The molecule has 4 amide bonds. The Morgan fingerprint density at radius 2 is 1.82 bits per heavy atom. The molecule has 0 unspecified atom stereocenters. The number of rotatable bonds is 7. The number of aromatic nitrogens is 5. The van der Waals surface area contributed by atoms with Crippen molar-refractivity contribution >= 4 is 34.7 Å². The molecule has 1 aromatic carbocycles. The summed E-state index contributed by atoms with van der Waals surface area (Å²) in [5, 5.41) is 12.7. The highest BCUT2D eigenvalue weighted by Gasteiger charge is 2.26. The number of nitrogens with one attached hydrogen (secondary N) is 4. The van der Waals surface area contributed by atoms with Crippen molar-refractivity contribution in [2.24, 2.45) is 5.92 Å². The van der Waals surface area contributed by atoms with Crippen LogP contribution in [-0.2, 0) is 27.3 Å². The summed E-state index contributed by atoms with van der Waals surface area (Å²) in [6.07, 6.45) is 6.66. The van der Waals surface area contributed by atoms with E-state index in [9.17, 15) is 24.0 Å². The topological polar surface area (TPSA) is 197 Å².